The zero-order valence-corrected chi connectivity index (χ0v) is 9.80. The molecule has 0 aliphatic carbocycles. The van der Waals surface area contributed by atoms with E-state index in [1.54, 1.807) is 0 Å². The van der Waals surface area contributed by atoms with Crippen molar-refractivity contribution in [3.05, 3.63) is 0 Å². The van der Waals surface area contributed by atoms with Crippen molar-refractivity contribution in [1.29, 1.82) is 0 Å². The highest BCUT2D eigenvalue weighted by atomic mass is 16.6. The third kappa shape index (κ3) is 3.00. The molecule has 0 unspecified atom stereocenters. The van der Waals surface area contributed by atoms with E-state index in [1.165, 1.54) is 0 Å². The average Bonchev–Trinajstić information content (AvgIpc) is 2.28. The SMILES string of the molecule is CC(C)CC1(CC(C)C)CCC(=O)O1. The molecule has 1 rings (SSSR count). The summed E-state index contributed by atoms with van der Waals surface area (Å²) >= 11 is 0. The Hall–Kier alpha value is -0.530. The fourth-order valence-electron chi connectivity index (χ4n) is 2.53. The number of hydrogen-bond donors (Lipinski definition) is 0. The van der Waals surface area contributed by atoms with Crippen LogP contribution in [0, 0.1) is 11.8 Å². The van der Waals surface area contributed by atoms with Crippen LogP contribution in [0.2, 0.25) is 0 Å². The molecule has 1 aliphatic heterocycles. The molecule has 1 fully saturated rings. The van der Waals surface area contributed by atoms with Crippen LogP contribution in [0.1, 0.15) is 53.4 Å². The second-order valence-corrected chi connectivity index (χ2v) is 5.35. The predicted octanol–water partition coefficient (Wildman–Crippen LogP) is 3.15. The first-order valence-electron chi connectivity index (χ1n) is 5.65. The second kappa shape index (κ2) is 4.33. The monoisotopic (exact) mass is 198 g/mol. The van der Waals surface area contributed by atoms with Crippen LogP contribution in [0.5, 0.6) is 0 Å². The Morgan fingerprint density at radius 3 is 2.00 bits per heavy atom. The Bertz CT molecular complexity index is 196. The molecule has 0 aromatic rings. The molecule has 0 saturated carbocycles. The molecular weight excluding hydrogens is 176 g/mol. The van der Waals surface area contributed by atoms with Crippen molar-refractivity contribution in [3.63, 3.8) is 0 Å². The fraction of sp³-hybridized carbons (Fsp3) is 0.917. The maximum Gasteiger partial charge on any atom is 0.306 e. The summed E-state index contributed by atoms with van der Waals surface area (Å²) in [7, 11) is 0. The standard InChI is InChI=1S/C12H22O2/c1-9(2)7-12(8-10(3)4)6-5-11(13)14-12/h9-10H,5-8H2,1-4H3. The van der Waals surface area contributed by atoms with Gasteiger partial charge in [-0.1, -0.05) is 27.7 Å². The van der Waals surface area contributed by atoms with Gasteiger partial charge in [0.25, 0.3) is 0 Å². The molecule has 0 spiro atoms. The lowest BCUT2D eigenvalue weighted by atomic mass is 9.83. The van der Waals surface area contributed by atoms with Gasteiger partial charge in [-0.2, -0.15) is 0 Å². The zero-order valence-electron chi connectivity index (χ0n) is 9.80. The van der Waals surface area contributed by atoms with E-state index < -0.39 is 0 Å². The van der Waals surface area contributed by atoms with E-state index in [0.29, 0.717) is 18.3 Å². The van der Waals surface area contributed by atoms with Gasteiger partial charge in [0, 0.05) is 6.42 Å². The Balaban J connectivity index is 2.64. The molecule has 1 aliphatic rings. The topological polar surface area (TPSA) is 26.3 Å². The number of carbonyl (C=O) groups excluding carboxylic acids is 1. The Morgan fingerprint density at radius 1 is 1.21 bits per heavy atom. The lowest BCUT2D eigenvalue weighted by Crippen LogP contribution is -2.32. The molecule has 0 bridgehead atoms. The molecule has 82 valence electrons. The summed E-state index contributed by atoms with van der Waals surface area (Å²) in [6.45, 7) is 8.75. The van der Waals surface area contributed by atoms with E-state index in [4.69, 9.17) is 4.74 Å². The third-order valence-electron chi connectivity index (χ3n) is 2.68. The van der Waals surface area contributed by atoms with E-state index in [0.717, 1.165) is 19.3 Å². The van der Waals surface area contributed by atoms with Gasteiger partial charge in [0.15, 0.2) is 0 Å². The Kier molecular flexibility index (Phi) is 3.57. The average molecular weight is 198 g/mol. The van der Waals surface area contributed by atoms with Crippen molar-refractivity contribution >= 4 is 5.97 Å². The van der Waals surface area contributed by atoms with E-state index in [9.17, 15) is 4.79 Å². The fourth-order valence-corrected chi connectivity index (χ4v) is 2.53. The maximum atomic E-state index is 11.2. The van der Waals surface area contributed by atoms with Crippen molar-refractivity contribution in [3.8, 4) is 0 Å². The molecule has 2 nitrogen and oxygen atoms in total. The van der Waals surface area contributed by atoms with E-state index >= 15 is 0 Å². The van der Waals surface area contributed by atoms with Crippen molar-refractivity contribution in [2.75, 3.05) is 0 Å². The second-order valence-electron chi connectivity index (χ2n) is 5.35. The van der Waals surface area contributed by atoms with Gasteiger partial charge in [0.2, 0.25) is 0 Å². The molecule has 0 N–H and O–H groups in total. The lowest BCUT2D eigenvalue weighted by Gasteiger charge is -2.31. The van der Waals surface area contributed by atoms with Crippen molar-refractivity contribution in [2.24, 2.45) is 11.8 Å². The molecule has 0 radical (unpaired) electrons. The first kappa shape index (κ1) is 11.5. The molecular formula is C12H22O2. The zero-order chi connectivity index (χ0) is 10.8. The van der Waals surface area contributed by atoms with E-state index in [1.807, 2.05) is 0 Å². The largest absolute Gasteiger partial charge is 0.459 e. The number of hydrogen-bond acceptors (Lipinski definition) is 2. The summed E-state index contributed by atoms with van der Waals surface area (Å²) in [4.78, 5) is 11.2. The minimum atomic E-state index is -0.139. The van der Waals surface area contributed by atoms with Crippen LogP contribution in [0.25, 0.3) is 0 Å². The smallest absolute Gasteiger partial charge is 0.306 e. The summed E-state index contributed by atoms with van der Waals surface area (Å²) in [6, 6.07) is 0. The van der Waals surface area contributed by atoms with E-state index in [-0.39, 0.29) is 11.6 Å². The van der Waals surface area contributed by atoms with Gasteiger partial charge in [-0.15, -0.1) is 0 Å². The number of cyclic esters (lactones) is 1. The van der Waals surface area contributed by atoms with Crippen LogP contribution in [-0.2, 0) is 9.53 Å². The number of carbonyl (C=O) groups is 1. The summed E-state index contributed by atoms with van der Waals surface area (Å²) < 4.78 is 5.53. The molecule has 1 heterocycles. The number of ether oxygens (including phenoxy) is 1. The van der Waals surface area contributed by atoms with E-state index in [2.05, 4.69) is 27.7 Å². The summed E-state index contributed by atoms with van der Waals surface area (Å²) in [6.07, 6.45) is 3.55. The van der Waals surface area contributed by atoms with Gasteiger partial charge in [0.1, 0.15) is 5.60 Å². The van der Waals surface area contributed by atoms with Crippen LogP contribution >= 0.6 is 0 Å². The predicted molar refractivity (Wildman–Crippen MR) is 57.0 cm³/mol. The Labute approximate surface area is 87.0 Å². The van der Waals surface area contributed by atoms with Gasteiger partial charge in [-0.05, 0) is 31.1 Å². The van der Waals surface area contributed by atoms with Crippen LogP contribution in [0.3, 0.4) is 0 Å². The van der Waals surface area contributed by atoms with Crippen LogP contribution in [-0.4, -0.2) is 11.6 Å². The molecule has 0 aromatic heterocycles. The van der Waals surface area contributed by atoms with Crippen molar-refractivity contribution < 1.29 is 9.53 Å². The minimum Gasteiger partial charge on any atom is -0.459 e. The van der Waals surface area contributed by atoms with Crippen molar-refractivity contribution in [1.82, 2.24) is 0 Å². The van der Waals surface area contributed by atoms with Crippen LogP contribution in [0.15, 0.2) is 0 Å². The summed E-state index contributed by atoms with van der Waals surface area (Å²) in [5.74, 6) is 1.19. The van der Waals surface area contributed by atoms with Crippen LogP contribution < -0.4 is 0 Å². The summed E-state index contributed by atoms with van der Waals surface area (Å²) in [5.41, 5.74) is -0.139. The minimum absolute atomic E-state index is 0.00806. The highest BCUT2D eigenvalue weighted by molar-refractivity contribution is 5.72. The number of esters is 1. The molecule has 0 atom stereocenters. The van der Waals surface area contributed by atoms with Gasteiger partial charge < -0.3 is 4.74 Å². The first-order chi connectivity index (χ1) is 6.43. The van der Waals surface area contributed by atoms with Gasteiger partial charge in [0.05, 0.1) is 0 Å². The first-order valence-corrected chi connectivity index (χ1v) is 5.65. The van der Waals surface area contributed by atoms with Gasteiger partial charge in [-0.3, -0.25) is 4.79 Å². The third-order valence-corrected chi connectivity index (χ3v) is 2.68. The lowest BCUT2D eigenvalue weighted by molar-refractivity contribution is -0.150. The molecule has 0 amide bonds. The molecule has 14 heavy (non-hydrogen) atoms. The number of rotatable bonds is 4. The quantitative estimate of drug-likeness (QED) is 0.649. The summed E-state index contributed by atoms with van der Waals surface area (Å²) in [5, 5.41) is 0. The van der Waals surface area contributed by atoms with Crippen molar-refractivity contribution in [2.45, 2.75) is 59.0 Å². The van der Waals surface area contributed by atoms with Gasteiger partial charge >= 0.3 is 5.97 Å². The molecule has 1 saturated heterocycles. The molecule has 0 aromatic carbocycles. The normalized spacial score (nSPS) is 20.6. The highest BCUT2D eigenvalue weighted by Gasteiger charge is 2.40. The highest BCUT2D eigenvalue weighted by Crippen LogP contribution is 2.37. The van der Waals surface area contributed by atoms with Crippen LogP contribution in [0.4, 0.5) is 0 Å². The maximum absolute atomic E-state index is 11.2. The Morgan fingerprint density at radius 2 is 1.71 bits per heavy atom. The van der Waals surface area contributed by atoms with Gasteiger partial charge in [-0.25, -0.2) is 0 Å². The molecule has 2 heteroatoms.